The van der Waals surface area contributed by atoms with Gasteiger partial charge in [-0.15, -0.1) is 0 Å². The quantitative estimate of drug-likeness (QED) is 0.711. The highest BCUT2D eigenvalue weighted by atomic mass is 31.1. The predicted octanol–water partition coefficient (Wildman–Crippen LogP) is 3.76. The molecule has 0 bridgehead atoms. The lowest BCUT2D eigenvalue weighted by molar-refractivity contribution is 0.0115. The number of hydrogen-bond donors (Lipinski definition) is 1. The minimum absolute atomic E-state index is 0.0751. The van der Waals surface area contributed by atoms with Gasteiger partial charge in [0.25, 0.3) is 0 Å². The summed E-state index contributed by atoms with van der Waals surface area (Å²) in [6, 6.07) is 0.145. The fraction of sp³-hybridized carbons (Fsp3) is 0.938. The van der Waals surface area contributed by atoms with Crippen molar-refractivity contribution < 1.29 is 18.6 Å². The number of nitrogens with one attached hydrogen (secondary N) is 1. The van der Waals surface area contributed by atoms with Crippen LogP contribution in [0.15, 0.2) is 0 Å². The molecule has 1 aliphatic heterocycles. The van der Waals surface area contributed by atoms with Gasteiger partial charge in [-0.05, 0) is 46.5 Å². The van der Waals surface area contributed by atoms with E-state index >= 15 is 0 Å². The molecule has 1 N–H and O–H groups in total. The van der Waals surface area contributed by atoms with E-state index in [1.807, 2.05) is 20.8 Å². The first-order valence-electron chi connectivity index (χ1n) is 8.45. The van der Waals surface area contributed by atoms with E-state index in [0.29, 0.717) is 6.61 Å². The third-order valence-electron chi connectivity index (χ3n) is 4.59. The van der Waals surface area contributed by atoms with Crippen molar-refractivity contribution >= 4 is 14.8 Å². The van der Waals surface area contributed by atoms with Crippen LogP contribution in [0.1, 0.15) is 60.3 Å². The van der Waals surface area contributed by atoms with Gasteiger partial charge in [0.15, 0.2) is 0 Å². The number of rotatable bonds is 7. The van der Waals surface area contributed by atoms with E-state index in [9.17, 15) is 9.36 Å². The molecule has 6 nitrogen and oxygen atoms in total. The molecule has 1 saturated heterocycles. The van der Waals surface area contributed by atoms with Gasteiger partial charge < -0.3 is 10.1 Å². The van der Waals surface area contributed by atoms with Crippen molar-refractivity contribution in [2.24, 2.45) is 0 Å². The molecule has 7 heteroatoms. The zero-order valence-corrected chi connectivity index (χ0v) is 15.9. The summed E-state index contributed by atoms with van der Waals surface area (Å²) in [7, 11) is -0.263. The first kappa shape index (κ1) is 20.3. The largest absolute Gasteiger partial charge is 0.444 e. The van der Waals surface area contributed by atoms with E-state index in [-0.39, 0.29) is 26.4 Å². The Balaban J connectivity index is 2.53. The number of alkyl carbamates (subject to hydrolysis) is 1. The summed E-state index contributed by atoms with van der Waals surface area (Å²) in [5.41, 5.74) is -0.548. The van der Waals surface area contributed by atoms with E-state index in [4.69, 9.17) is 9.26 Å². The molecule has 0 aliphatic carbocycles. The fourth-order valence-electron chi connectivity index (χ4n) is 3.11. The second kappa shape index (κ2) is 8.95. The molecule has 1 aliphatic rings. The van der Waals surface area contributed by atoms with Crippen molar-refractivity contribution in [3.8, 4) is 0 Å². The van der Waals surface area contributed by atoms with Crippen LogP contribution in [0.5, 0.6) is 0 Å². The Bertz CT molecular complexity index is 386. The maximum Gasteiger partial charge on any atom is 0.407 e. The molecule has 1 rings (SSSR count). The van der Waals surface area contributed by atoms with Crippen LogP contribution < -0.4 is 5.32 Å². The average molecular weight is 346 g/mol. The van der Waals surface area contributed by atoms with Crippen LogP contribution in [0.25, 0.3) is 0 Å². The normalized spacial score (nSPS) is 18.1. The molecule has 1 amide bonds. The highest BCUT2D eigenvalue weighted by molar-refractivity contribution is 7.17. The van der Waals surface area contributed by atoms with Gasteiger partial charge in [-0.3, -0.25) is 9.42 Å². The smallest absolute Gasteiger partial charge is 0.407 e. The van der Waals surface area contributed by atoms with E-state index in [2.05, 4.69) is 24.1 Å². The molecular formula is C16H31N2O4P. The SMILES string of the molecule is CCC(CC)(COP=O)N1CCC(NC(=O)OC(C)(C)C)CC1. The Kier molecular flexibility index (Phi) is 7.91. The average Bonchev–Trinajstić information content (AvgIpc) is 2.48. The number of amides is 1. The van der Waals surface area contributed by atoms with Crippen molar-refractivity contribution in [3.05, 3.63) is 0 Å². The van der Waals surface area contributed by atoms with Gasteiger partial charge in [-0.25, -0.2) is 9.36 Å². The third kappa shape index (κ3) is 6.36. The lowest BCUT2D eigenvalue weighted by Crippen LogP contribution is -2.56. The van der Waals surface area contributed by atoms with Crippen molar-refractivity contribution in [3.63, 3.8) is 0 Å². The molecule has 0 spiro atoms. The fourth-order valence-corrected chi connectivity index (χ4v) is 3.40. The summed E-state index contributed by atoms with van der Waals surface area (Å²) < 4.78 is 21.1. The Morgan fingerprint density at radius 1 is 1.22 bits per heavy atom. The van der Waals surface area contributed by atoms with E-state index in [1.54, 1.807) is 0 Å². The van der Waals surface area contributed by atoms with E-state index < -0.39 is 5.60 Å². The number of carbonyl (C=O) groups excluding carboxylic acids is 1. The first-order valence-corrected chi connectivity index (χ1v) is 9.18. The molecule has 1 heterocycles. The van der Waals surface area contributed by atoms with Crippen LogP contribution in [-0.2, 0) is 13.8 Å². The highest BCUT2D eigenvalue weighted by Gasteiger charge is 2.36. The number of carbonyl (C=O) groups is 1. The highest BCUT2D eigenvalue weighted by Crippen LogP contribution is 2.29. The second-order valence-corrected chi connectivity index (χ2v) is 7.59. The monoisotopic (exact) mass is 346 g/mol. The molecular weight excluding hydrogens is 315 g/mol. The summed E-state index contributed by atoms with van der Waals surface area (Å²) in [5, 5.41) is 2.96. The molecule has 0 aromatic rings. The van der Waals surface area contributed by atoms with Crippen molar-refractivity contribution in [2.75, 3.05) is 19.7 Å². The number of ether oxygens (including phenoxy) is 1. The van der Waals surface area contributed by atoms with E-state index in [0.717, 1.165) is 38.8 Å². The van der Waals surface area contributed by atoms with Gasteiger partial charge in [-0.2, -0.15) is 0 Å². The van der Waals surface area contributed by atoms with Crippen molar-refractivity contribution in [1.82, 2.24) is 10.2 Å². The third-order valence-corrected chi connectivity index (χ3v) is 4.82. The maximum atomic E-state index is 11.9. The topological polar surface area (TPSA) is 67.9 Å². The first-order chi connectivity index (χ1) is 10.8. The van der Waals surface area contributed by atoms with Crippen LogP contribution in [0.4, 0.5) is 4.79 Å². The van der Waals surface area contributed by atoms with Gasteiger partial charge in [0.1, 0.15) is 5.60 Å². The maximum absolute atomic E-state index is 11.9. The van der Waals surface area contributed by atoms with Crippen LogP contribution in [-0.4, -0.2) is 47.9 Å². The lowest BCUT2D eigenvalue weighted by Gasteiger charge is -2.46. The van der Waals surface area contributed by atoms with Gasteiger partial charge in [0.2, 0.25) is 0 Å². The summed E-state index contributed by atoms with van der Waals surface area (Å²) in [4.78, 5) is 14.3. The van der Waals surface area contributed by atoms with Crippen molar-refractivity contribution in [1.29, 1.82) is 0 Å². The van der Waals surface area contributed by atoms with Gasteiger partial charge in [-0.1, -0.05) is 13.8 Å². The zero-order chi connectivity index (χ0) is 17.5. The van der Waals surface area contributed by atoms with Gasteiger partial charge in [0, 0.05) is 24.7 Å². The van der Waals surface area contributed by atoms with Crippen LogP contribution in [0, 0.1) is 0 Å². The number of likely N-dealkylation sites (tertiary alicyclic amines) is 1. The molecule has 0 radical (unpaired) electrons. The molecule has 0 saturated carbocycles. The van der Waals surface area contributed by atoms with Crippen LogP contribution in [0.3, 0.4) is 0 Å². The summed E-state index contributed by atoms with van der Waals surface area (Å²) in [6.07, 6.45) is 3.32. The van der Waals surface area contributed by atoms with Crippen molar-refractivity contribution in [2.45, 2.75) is 77.5 Å². The lowest BCUT2D eigenvalue weighted by atomic mass is 9.88. The molecule has 1 fully saturated rings. The minimum Gasteiger partial charge on any atom is -0.444 e. The van der Waals surface area contributed by atoms with Gasteiger partial charge in [0.05, 0.1) is 6.61 Å². The number of nitrogens with zero attached hydrogens (tertiary/aromatic N) is 1. The molecule has 23 heavy (non-hydrogen) atoms. The summed E-state index contributed by atoms with van der Waals surface area (Å²) in [6.45, 7) is 12.1. The zero-order valence-electron chi connectivity index (χ0n) is 15.1. The molecule has 0 aromatic carbocycles. The number of piperidine rings is 1. The Labute approximate surface area is 141 Å². The second-order valence-electron chi connectivity index (χ2n) is 7.19. The molecule has 0 aromatic heterocycles. The van der Waals surface area contributed by atoms with Crippen LogP contribution in [0.2, 0.25) is 0 Å². The predicted molar refractivity (Wildman–Crippen MR) is 90.8 cm³/mol. The summed E-state index contributed by atoms with van der Waals surface area (Å²) in [5.74, 6) is 0. The molecule has 134 valence electrons. The van der Waals surface area contributed by atoms with Crippen LogP contribution >= 0.6 is 8.69 Å². The summed E-state index contributed by atoms with van der Waals surface area (Å²) >= 11 is 0. The molecule has 0 unspecified atom stereocenters. The Hall–Kier alpha value is -0.710. The Morgan fingerprint density at radius 3 is 2.22 bits per heavy atom. The minimum atomic E-state index is -0.473. The molecule has 0 atom stereocenters. The Morgan fingerprint density at radius 2 is 1.78 bits per heavy atom. The van der Waals surface area contributed by atoms with Gasteiger partial charge >= 0.3 is 14.8 Å². The van der Waals surface area contributed by atoms with E-state index in [1.165, 1.54) is 0 Å². The standard InChI is InChI=1S/C16H31N2O4P/c1-6-16(7-2,12-21-23-20)18-10-8-13(9-11-18)17-14(19)22-15(3,4)5/h13H,6-12H2,1-5H3,(H,17,19). The number of hydrogen-bond acceptors (Lipinski definition) is 5.